The second kappa shape index (κ2) is 13.0. The quantitative estimate of drug-likeness (QED) is 0.276. The van der Waals surface area contributed by atoms with Gasteiger partial charge < -0.3 is 20.3 Å². The summed E-state index contributed by atoms with van der Waals surface area (Å²) in [6.45, 7) is 6.67. The molecule has 24 heavy (non-hydrogen) atoms. The number of hydrogen-bond acceptors (Lipinski definition) is 3. The van der Waals surface area contributed by atoms with Crippen LogP contribution < -0.4 is 10.6 Å². The van der Waals surface area contributed by atoms with Gasteiger partial charge in [-0.25, -0.2) is 4.99 Å². The molecule has 1 aromatic rings. The van der Waals surface area contributed by atoms with Crippen LogP contribution in [0.1, 0.15) is 18.1 Å². The van der Waals surface area contributed by atoms with Crippen molar-refractivity contribution >= 4 is 35.8 Å². The molecule has 0 radical (unpaired) electrons. The summed E-state index contributed by atoms with van der Waals surface area (Å²) in [5, 5.41) is 5.97. The third-order valence-corrected chi connectivity index (χ3v) is 3.24. The Kier molecular flexibility index (Phi) is 12.3. The lowest BCUT2D eigenvalue weighted by Crippen LogP contribution is -2.39. The number of benzene rings is 1. The van der Waals surface area contributed by atoms with Crippen LogP contribution in [-0.4, -0.2) is 57.2 Å². The Morgan fingerprint density at radius 2 is 1.92 bits per heavy atom. The molecule has 0 aromatic heterocycles. The van der Waals surface area contributed by atoms with Gasteiger partial charge >= 0.3 is 0 Å². The Bertz CT molecular complexity index is 506. The summed E-state index contributed by atoms with van der Waals surface area (Å²) in [5.74, 6) is 0.608. The van der Waals surface area contributed by atoms with Gasteiger partial charge in [-0.1, -0.05) is 29.8 Å². The molecule has 0 atom stereocenters. The van der Waals surface area contributed by atoms with Crippen molar-refractivity contribution in [2.24, 2.45) is 4.99 Å². The standard InChI is InChI=1S/C17H28N4O2.HI/c1-5-18-17(20-12-16(22)19-10-11-23-4)21(3)13-15-8-6-14(2)7-9-15;/h6-9H,5,10-13H2,1-4H3,(H,18,20)(H,19,22);1H. The molecule has 0 bridgehead atoms. The second-order valence-electron chi connectivity index (χ2n) is 5.35. The number of rotatable bonds is 8. The third kappa shape index (κ3) is 9.07. The molecule has 0 aliphatic carbocycles. The number of carbonyl (C=O) groups excluding carboxylic acids is 1. The van der Waals surface area contributed by atoms with Crippen molar-refractivity contribution in [1.29, 1.82) is 0 Å². The van der Waals surface area contributed by atoms with Gasteiger partial charge in [0.05, 0.1) is 6.61 Å². The monoisotopic (exact) mass is 448 g/mol. The van der Waals surface area contributed by atoms with Crippen LogP contribution in [0.15, 0.2) is 29.3 Å². The van der Waals surface area contributed by atoms with Gasteiger partial charge in [-0.3, -0.25) is 4.79 Å². The van der Waals surface area contributed by atoms with Gasteiger partial charge in [0.25, 0.3) is 0 Å². The summed E-state index contributed by atoms with van der Waals surface area (Å²) in [7, 11) is 3.57. The number of ether oxygens (including phenoxy) is 1. The Morgan fingerprint density at radius 3 is 2.50 bits per heavy atom. The highest BCUT2D eigenvalue weighted by Gasteiger charge is 2.08. The lowest BCUT2D eigenvalue weighted by molar-refractivity contribution is -0.119. The molecule has 0 unspecified atom stereocenters. The van der Waals surface area contributed by atoms with Gasteiger partial charge in [0, 0.05) is 33.8 Å². The summed E-state index contributed by atoms with van der Waals surface area (Å²) in [6.07, 6.45) is 0. The van der Waals surface area contributed by atoms with E-state index in [-0.39, 0.29) is 36.4 Å². The van der Waals surface area contributed by atoms with Crippen molar-refractivity contribution in [2.75, 3.05) is 40.4 Å². The maximum absolute atomic E-state index is 11.7. The summed E-state index contributed by atoms with van der Waals surface area (Å²) in [6, 6.07) is 8.40. The minimum absolute atomic E-state index is 0. The van der Waals surface area contributed by atoms with Crippen LogP contribution in [0.4, 0.5) is 0 Å². The number of amides is 1. The first-order valence-electron chi connectivity index (χ1n) is 7.87. The molecule has 0 saturated carbocycles. The Balaban J connectivity index is 0.00000529. The van der Waals surface area contributed by atoms with Gasteiger partial charge in [0.2, 0.25) is 5.91 Å². The first-order valence-corrected chi connectivity index (χ1v) is 7.87. The minimum atomic E-state index is -0.110. The molecule has 0 aliphatic heterocycles. The number of methoxy groups -OCH3 is 1. The molecule has 2 N–H and O–H groups in total. The van der Waals surface area contributed by atoms with Gasteiger partial charge in [-0.15, -0.1) is 24.0 Å². The molecule has 6 nitrogen and oxygen atoms in total. The predicted octanol–water partition coefficient (Wildman–Crippen LogP) is 1.77. The summed E-state index contributed by atoms with van der Waals surface area (Å²) in [5.41, 5.74) is 2.44. The molecule has 1 aromatic carbocycles. The highest BCUT2D eigenvalue weighted by molar-refractivity contribution is 14.0. The second-order valence-corrected chi connectivity index (χ2v) is 5.35. The van der Waals surface area contributed by atoms with E-state index in [0.29, 0.717) is 13.2 Å². The van der Waals surface area contributed by atoms with E-state index in [1.807, 2.05) is 18.9 Å². The fourth-order valence-electron chi connectivity index (χ4n) is 2.01. The van der Waals surface area contributed by atoms with Crippen molar-refractivity contribution in [2.45, 2.75) is 20.4 Å². The van der Waals surface area contributed by atoms with E-state index < -0.39 is 0 Å². The third-order valence-electron chi connectivity index (χ3n) is 3.24. The van der Waals surface area contributed by atoms with E-state index in [1.165, 1.54) is 11.1 Å². The van der Waals surface area contributed by atoms with E-state index in [0.717, 1.165) is 19.0 Å². The number of nitrogens with one attached hydrogen (secondary N) is 2. The van der Waals surface area contributed by atoms with E-state index in [2.05, 4.69) is 46.8 Å². The van der Waals surface area contributed by atoms with Crippen molar-refractivity contribution in [3.8, 4) is 0 Å². The zero-order valence-corrected chi connectivity index (χ0v) is 17.3. The van der Waals surface area contributed by atoms with Crippen LogP contribution in [0.5, 0.6) is 0 Å². The lowest BCUT2D eigenvalue weighted by atomic mass is 10.1. The van der Waals surface area contributed by atoms with Crippen LogP contribution in [0.3, 0.4) is 0 Å². The van der Waals surface area contributed by atoms with Crippen molar-refractivity contribution in [1.82, 2.24) is 15.5 Å². The van der Waals surface area contributed by atoms with Gasteiger partial charge in [-0.05, 0) is 19.4 Å². The zero-order valence-electron chi connectivity index (χ0n) is 15.0. The minimum Gasteiger partial charge on any atom is -0.383 e. The number of nitrogens with zero attached hydrogens (tertiary/aromatic N) is 2. The maximum Gasteiger partial charge on any atom is 0.241 e. The van der Waals surface area contributed by atoms with Gasteiger partial charge in [-0.2, -0.15) is 0 Å². The Hall–Kier alpha value is -1.35. The molecule has 1 amide bonds. The summed E-state index contributed by atoms with van der Waals surface area (Å²) >= 11 is 0. The lowest BCUT2D eigenvalue weighted by Gasteiger charge is -2.22. The summed E-state index contributed by atoms with van der Waals surface area (Å²) < 4.78 is 4.90. The molecule has 0 fully saturated rings. The fraction of sp³-hybridized carbons (Fsp3) is 0.529. The largest absolute Gasteiger partial charge is 0.383 e. The Labute approximate surface area is 162 Å². The predicted molar refractivity (Wildman–Crippen MR) is 109 cm³/mol. The number of halogens is 1. The van der Waals surface area contributed by atoms with E-state index in [4.69, 9.17) is 4.74 Å². The average molecular weight is 448 g/mol. The molecule has 0 saturated heterocycles. The molecule has 0 spiro atoms. The number of aryl methyl sites for hydroxylation is 1. The highest BCUT2D eigenvalue weighted by atomic mass is 127. The molecular formula is C17H29IN4O2. The number of aliphatic imine (C=N–C) groups is 1. The van der Waals surface area contributed by atoms with Crippen molar-refractivity contribution < 1.29 is 9.53 Å². The molecule has 1 rings (SSSR count). The average Bonchev–Trinajstić information content (AvgIpc) is 2.53. The van der Waals surface area contributed by atoms with Crippen LogP contribution in [0, 0.1) is 6.92 Å². The first-order chi connectivity index (χ1) is 11.1. The molecule has 0 aliphatic rings. The first kappa shape index (κ1) is 22.6. The topological polar surface area (TPSA) is 66.0 Å². The van der Waals surface area contributed by atoms with E-state index in [1.54, 1.807) is 7.11 Å². The molecular weight excluding hydrogens is 419 g/mol. The number of guanidine groups is 1. The van der Waals surface area contributed by atoms with Crippen LogP contribution in [0.2, 0.25) is 0 Å². The smallest absolute Gasteiger partial charge is 0.241 e. The Morgan fingerprint density at radius 1 is 1.25 bits per heavy atom. The molecule has 136 valence electrons. The number of carbonyl (C=O) groups is 1. The van der Waals surface area contributed by atoms with Crippen molar-refractivity contribution in [3.63, 3.8) is 0 Å². The van der Waals surface area contributed by atoms with Crippen molar-refractivity contribution in [3.05, 3.63) is 35.4 Å². The number of hydrogen-bond donors (Lipinski definition) is 2. The summed E-state index contributed by atoms with van der Waals surface area (Å²) in [4.78, 5) is 18.1. The van der Waals surface area contributed by atoms with Gasteiger partial charge in [0.15, 0.2) is 5.96 Å². The molecule has 0 heterocycles. The van der Waals surface area contributed by atoms with Crippen LogP contribution >= 0.6 is 24.0 Å². The van der Waals surface area contributed by atoms with E-state index in [9.17, 15) is 4.79 Å². The fourth-order valence-corrected chi connectivity index (χ4v) is 2.01. The zero-order chi connectivity index (χ0) is 17.1. The van der Waals surface area contributed by atoms with Gasteiger partial charge in [0.1, 0.15) is 6.54 Å². The van der Waals surface area contributed by atoms with E-state index >= 15 is 0 Å². The van der Waals surface area contributed by atoms with Crippen LogP contribution in [-0.2, 0) is 16.1 Å². The highest BCUT2D eigenvalue weighted by Crippen LogP contribution is 2.06. The molecule has 7 heteroatoms. The maximum atomic E-state index is 11.7. The van der Waals surface area contributed by atoms with Crippen LogP contribution in [0.25, 0.3) is 0 Å². The SMILES string of the molecule is CCNC(=NCC(=O)NCCOC)N(C)Cc1ccc(C)cc1.I. The normalized spacial score (nSPS) is 10.8.